The minimum Gasteiger partial charge on any atom is -0.349 e. The van der Waals surface area contributed by atoms with E-state index in [9.17, 15) is 4.79 Å². The number of carbonyl (C=O) groups is 1. The zero-order chi connectivity index (χ0) is 9.10. The maximum atomic E-state index is 11.2. The van der Waals surface area contributed by atoms with Crippen LogP contribution in [0.2, 0.25) is 0 Å². The van der Waals surface area contributed by atoms with Gasteiger partial charge in [0.2, 0.25) is 0 Å². The number of carbonyl (C=O) groups excluding carboxylic acids is 1. The van der Waals surface area contributed by atoms with Gasteiger partial charge in [0, 0.05) is 19.2 Å². The molecule has 0 amide bonds. The van der Waals surface area contributed by atoms with Gasteiger partial charge < -0.3 is 4.90 Å². The van der Waals surface area contributed by atoms with Gasteiger partial charge in [-0.3, -0.25) is 4.79 Å². The summed E-state index contributed by atoms with van der Waals surface area (Å²) >= 11 is 0. The number of pyridine rings is 1. The molecule has 0 aromatic carbocycles. The summed E-state index contributed by atoms with van der Waals surface area (Å²) in [5, 5.41) is 0. The number of Topliss-reactive ketones (excluding diaryl/α,β-unsaturated/α-hetero) is 1. The molecule has 0 radical (unpaired) electrons. The molecule has 13 heavy (non-hydrogen) atoms. The van der Waals surface area contributed by atoms with E-state index in [1.165, 1.54) is 0 Å². The Morgan fingerprint density at radius 2 is 2.31 bits per heavy atom. The lowest BCUT2D eigenvalue weighted by molar-refractivity contribution is -0.118. The van der Waals surface area contributed by atoms with E-state index in [4.69, 9.17) is 0 Å². The first-order valence-corrected chi connectivity index (χ1v) is 4.54. The molecule has 1 saturated heterocycles. The Labute approximate surface area is 77.4 Å². The summed E-state index contributed by atoms with van der Waals surface area (Å²) in [7, 11) is 0. The number of hydrogen-bond acceptors (Lipinski definition) is 3. The van der Waals surface area contributed by atoms with E-state index in [0.717, 1.165) is 25.2 Å². The molecule has 0 atom stereocenters. The minimum atomic E-state index is 0.317. The van der Waals surface area contributed by atoms with Gasteiger partial charge in [-0.15, -0.1) is 0 Å². The second-order valence-electron chi connectivity index (χ2n) is 3.25. The summed E-state index contributed by atoms with van der Waals surface area (Å²) < 4.78 is 0. The van der Waals surface area contributed by atoms with Crippen LogP contribution in [0.1, 0.15) is 12.8 Å². The predicted octanol–water partition coefficient (Wildman–Crippen LogP) is 1.25. The quantitative estimate of drug-likeness (QED) is 0.645. The molecular formula is C10H12N2O. The van der Waals surface area contributed by atoms with Gasteiger partial charge in [0.1, 0.15) is 5.82 Å². The topological polar surface area (TPSA) is 33.2 Å². The van der Waals surface area contributed by atoms with Crippen LogP contribution in [0.15, 0.2) is 24.4 Å². The van der Waals surface area contributed by atoms with Gasteiger partial charge in [-0.2, -0.15) is 0 Å². The largest absolute Gasteiger partial charge is 0.349 e. The van der Waals surface area contributed by atoms with Gasteiger partial charge in [0.05, 0.1) is 6.54 Å². The predicted molar refractivity (Wildman–Crippen MR) is 50.7 cm³/mol. The average molecular weight is 176 g/mol. The molecule has 1 aliphatic rings. The minimum absolute atomic E-state index is 0.317. The van der Waals surface area contributed by atoms with Crippen LogP contribution in [-0.4, -0.2) is 23.9 Å². The highest BCUT2D eigenvalue weighted by molar-refractivity contribution is 5.84. The molecule has 1 aromatic rings. The lowest BCUT2D eigenvalue weighted by atomic mass is 10.1. The second kappa shape index (κ2) is 3.56. The molecule has 0 aliphatic carbocycles. The summed E-state index contributed by atoms with van der Waals surface area (Å²) in [6.07, 6.45) is 3.44. The molecular weight excluding hydrogens is 164 g/mol. The average Bonchev–Trinajstić information content (AvgIpc) is 2.19. The number of ketones is 1. The van der Waals surface area contributed by atoms with Crippen LogP contribution in [-0.2, 0) is 4.79 Å². The second-order valence-corrected chi connectivity index (χ2v) is 3.25. The molecule has 1 aliphatic heterocycles. The van der Waals surface area contributed by atoms with E-state index < -0.39 is 0 Å². The summed E-state index contributed by atoms with van der Waals surface area (Å²) in [4.78, 5) is 17.4. The molecule has 3 heteroatoms. The van der Waals surface area contributed by atoms with Gasteiger partial charge in [0.25, 0.3) is 0 Å². The molecule has 68 valence electrons. The van der Waals surface area contributed by atoms with E-state index in [-0.39, 0.29) is 0 Å². The molecule has 1 fully saturated rings. The van der Waals surface area contributed by atoms with Crippen molar-refractivity contribution in [3.63, 3.8) is 0 Å². The molecule has 2 rings (SSSR count). The highest BCUT2D eigenvalue weighted by Gasteiger charge is 2.17. The van der Waals surface area contributed by atoms with Crippen molar-refractivity contribution in [2.45, 2.75) is 12.8 Å². The van der Waals surface area contributed by atoms with E-state index in [2.05, 4.69) is 4.98 Å². The lowest BCUT2D eigenvalue weighted by Crippen LogP contribution is -2.35. The maximum absolute atomic E-state index is 11.2. The zero-order valence-corrected chi connectivity index (χ0v) is 7.44. The van der Waals surface area contributed by atoms with Gasteiger partial charge in [-0.25, -0.2) is 4.98 Å². The van der Waals surface area contributed by atoms with Crippen molar-refractivity contribution in [3.8, 4) is 0 Å². The lowest BCUT2D eigenvalue weighted by Gasteiger charge is -2.26. The van der Waals surface area contributed by atoms with Crippen LogP contribution in [0.25, 0.3) is 0 Å². The third-order valence-corrected chi connectivity index (χ3v) is 2.22. The Hall–Kier alpha value is -1.38. The number of anilines is 1. The molecule has 3 nitrogen and oxygen atoms in total. The third-order valence-electron chi connectivity index (χ3n) is 2.22. The summed E-state index contributed by atoms with van der Waals surface area (Å²) in [5.41, 5.74) is 0. The van der Waals surface area contributed by atoms with Crippen LogP contribution in [0.3, 0.4) is 0 Å². The van der Waals surface area contributed by atoms with E-state index >= 15 is 0 Å². The van der Waals surface area contributed by atoms with Gasteiger partial charge in [-0.1, -0.05) is 6.07 Å². The molecule has 0 N–H and O–H groups in total. The summed E-state index contributed by atoms with van der Waals surface area (Å²) in [6.45, 7) is 1.47. The Morgan fingerprint density at radius 3 is 3.00 bits per heavy atom. The summed E-state index contributed by atoms with van der Waals surface area (Å²) in [6, 6.07) is 5.77. The van der Waals surface area contributed by atoms with Crippen LogP contribution in [0, 0.1) is 0 Å². The number of rotatable bonds is 1. The van der Waals surface area contributed by atoms with Crippen LogP contribution in [0.4, 0.5) is 5.82 Å². The van der Waals surface area contributed by atoms with Crippen molar-refractivity contribution in [3.05, 3.63) is 24.4 Å². The van der Waals surface area contributed by atoms with E-state index in [0.29, 0.717) is 12.3 Å². The zero-order valence-electron chi connectivity index (χ0n) is 7.44. The monoisotopic (exact) mass is 176 g/mol. The third kappa shape index (κ3) is 1.86. The number of hydrogen-bond donors (Lipinski definition) is 0. The Bertz CT molecular complexity index is 297. The van der Waals surface area contributed by atoms with Gasteiger partial charge in [0.15, 0.2) is 5.78 Å². The van der Waals surface area contributed by atoms with E-state index in [1.54, 1.807) is 6.20 Å². The van der Waals surface area contributed by atoms with Crippen molar-refractivity contribution in [2.24, 2.45) is 0 Å². The van der Waals surface area contributed by atoms with Crippen molar-refractivity contribution < 1.29 is 4.79 Å². The first-order chi connectivity index (χ1) is 6.36. The number of nitrogens with zero attached hydrogens (tertiary/aromatic N) is 2. The van der Waals surface area contributed by atoms with Crippen LogP contribution in [0.5, 0.6) is 0 Å². The smallest absolute Gasteiger partial charge is 0.152 e. The van der Waals surface area contributed by atoms with Crippen LogP contribution >= 0.6 is 0 Å². The van der Waals surface area contributed by atoms with Gasteiger partial charge in [-0.05, 0) is 18.6 Å². The Morgan fingerprint density at radius 1 is 1.38 bits per heavy atom. The fourth-order valence-electron chi connectivity index (χ4n) is 1.57. The first kappa shape index (κ1) is 8.23. The first-order valence-electron chi connectivity index (χ1n) is 4.54. The fourth-order valence-corrected chi connectivity index (χ4v) is 1.57. The molecule has 2 heterocycles. The van der Waals surface area contributed by atoms with Crippen molar-refractivity contribution in [1.29, 1.82) is 0 Å². The molecule has 0 unspecified atom stereocenters. The normalized spacial score (nSPS) is 17.5. The molecule has 0 bridgehead atoms. The van der Waals surface area contributed by atoms with Crippen molar-refractivity contribution in [2.75, 3.05) is 18.0 Å². The molecule has 0 spiro atoms. The SMILES string of the molecule is O=C1CCCN(c2ccccn2)C1. The van der Waals surface area contributed by atoms with E-state index in [1.807, 2.05) is 23.1 Å². The number of aromatic nitrogens is 1. The summed E-state index contributed by atoms with van der Waals surface area (Å²) in [5.74, 6) is 1.23. The number of piperidine rings is 1. The van der Waals surface area contributed by atoms with Crippen molar-refractivity contribution in [1.82, 2.24) is 4.98 Å². The highest BCUT2D eigenvalue weighted by atomic mass is 16.1. The van der Waals surface area contributed by atoms with Crippen molar-refractivity contribution >= 4 is 11.6 Å². The van der Waals surface area contributed by atoms with Crippen LogP contribution < -0.4 is 4.90 Å². The highest BCUT2D eigenvalue weighted by Crippen LogP contribution is 2.14. The molecule has 1 aromatic heterocycles. The standard InChI is InChI=1S/C10H12N2O/c13-9-4-3-7-12(8-9)10-5-1-2-6-11-10/h1-2,5-6H,3-4,7-8H2. The Kier molecular flexibility index (Phi) is 2.25. The van der Waals surface area contributed by atoms with Gasteiger partial charge >= 0.3 is 0 Å². The maximum Gasteiger partial charge on any atom is 0.152 e. The Balaban J connectivity index is 2.13. The fraction of sp³-hybridized carbons (Fsp3) is 0.400. The molecule has 0 saturated carbocycles.